The molecule has 1 atom stereocenters. The van der Waals surface area contributed by atoms with Crippen LogP contribution in [0.5, 0.6) is 0 Å². The average molecular weight is 240 g/mol. The number of rotatable bonds is 4. The highest BCUT2D eigenvalue weighted by atomic mass is 15.1. The van der Waals surface area contributed by atoms with Crippen LogP contribution in [0.3, 0.4) is 0 Å². The summed E-state index contributed by atoms with van der Waals surface area (Å²) in [6.45, 7) is 10.1. The minimum atomic E-state index is 0.217. The van der Waals surface area contributed by atoms with Crippen molar-refractivity contribution in [2.24, 2.45) is 17.1 Å². The SMILES string of the molecule is CCC1CCC(N(C)CC(N)C(C)(C)C)CC1. The number of likely N-dealkylation sites (N-methyl/N-ethyl adjacent to an activating group) is 1. The zero-order valence-electron chi connectivity index (χ0n) is 12.5. The minimum absolute atomic E-state index is 0.217. The molecule has 0 aliphatic heterocycles. The van der Waals surface area contributed by atoms with Crippen molar-refractivity contribution in [1.82, 2.24) is 4.90 Å². The van der Waals surface area contributed by atoms with E-state index in [0.717, 1.165) is 18.5 Å². The summed E-state index contributed by atoms with van der Waals surface area (Å²) in [6.07, 6.45) is 6.92. The number of hydrogen-bond donors (Lipinski definition) is 1. The van der Waals surface area contributed by atoms with E-state index in [-0.39, 0.29) is 11.5 Å². The van der Waals surface area contributed by atoms with Gasteiger partial charge < -0.3 is 10.6 Å². The van der Waals surface area contributed by atoms with Crippen LogP contribution in [0.2, 0.25) is 0 Å². The lowest BCUT2D eigenvalue weighted by molar-refractivity contribution is 0.134. The van der Waals surface area contributed by atoms with Crippen molar-refractivity contribution in [2.75, 3.05) is 13.6 Å². The molecule has 0 bridgehead atoms. The molecule has 0 saturated heterocycles. The van der Waals surface area contributed by atoms with E-state index in [1.807, 2.05) is 0 Å². The summed E-state index contributed by atoms with van der Waals surface area (Å²) >= 11 is 0. The molecule has 1 unspecified atom stereocenters. The molecular weight excluding hydrogens is 208 g/mol. The Kier molecular flexibility index (Phi) is 5.46. The molecule has 2 nitrogen and oxygen atoms in total. The molecule has 0 aromatic heterocycles. The molecule has 1 fully saturated rings. The summed E-state index contributed by atoms with van der Waals surface area (Å²) in [5, 5.41) is 0. The zero-order chi connectivity index (χ0) is 13.1. The fourth-order valence-electron chi connectivity index (χ4n) is 2.73. The first-order valence-corrected chi connectivity index (χ1v) is 7.30. The quantitative estimate of drug-likeness (QED) is 0.817. The van der Waals surface area contributed by atoms with Gasteiger partial charge in [-0.05, 0) is 44.1 Å². The van der Waals surface area contributed by atoms with Gasteiger partial charge in [-0.25, -0.2) is 0 Å². The molecule has 0 aromatic carbocycles. The van der Waals surface area contributed by atoms with E-state index in [0.29, 0.717) is 0 Å². The Morgan fingerprint density at radius 1 is 1.18 bits per heavy atom. The molecule has 0 amide bonds. The Morgan fingerprint density at radius 3 is 2.12 bits per heavy atom. The van der Waals surface area contributed by atoms with Crippen LogP contribution in [0.25, 0.3) is 0 Å². The van der Waals surface area contributed by atoms with Crippen molar-refractivity contribution >= 4 is 0 Å². The molecule has 2 N–H and O–H groups in total. The largest absolute Gasteiger partial charge is 0.326 e. The first-order valence-electron chi connectivity index (χ1n) is 7.30. The van der Waals surface area contributed by atoms with Gasteiger partial charge in [0.1, 0.15) is 0 Å². The van der Waals surface area contributed by atoms with Gasteiger partial charge in [0.05, 0.1) is 0 Å². The third-order valence-corrected chi connectivity index (χ3v) is 4.61. The van der Waals surface area contributed by atoms with Crippen molar-refractivity contribution in [1.29, 1.82) is 0 Å². The minimum Gasteiger partial charge on any atom is -0.326 e. The molecule has 0 radical (unpaired) electrons. The summed E-state index contributed by atoms with van der Waals surface area (Å²) < 4.78 is 0. The molecular formula is C15H32N2. The Balaban J connectivity index is 2.36. The maximum absolute atomic E-state index is 6.27. The monoisotopic (exact) mass is 240 g/mol. The lowest BCUT2D eigenvalue weighted by atomic mass is 9.83. The number of hydrogen-bond acceptors (Lipinski definition) is 2. The van der Waals surface area contributed by atoms with E-state index in [2.05, 4.69) is 39.6 Å². The Morgan fingerprint density at radius 2 is 1.71 bits per heavy atom. The van der Waals surface area contributed by atoms with Gasteiger partial charge in [0.2, 0.25) is 0 Å². The fourth-order valence-corrected chi connectivity index (χ4v) is 2.73. The molecule has 0 aromatic rings. The van der Waals surface area contributed by atoms with E-state index in [1.54, 1.807) is 0 Å². The second kappa shape index (κ2) is 6.19. The van der Waals surface area contributed by atoms with E-state index < -0.39 is 0 Å². The van der Waals surface area contributed by atoms with Gasteiger partial charge >= 0.3 is 0 Å². The van der Waals surface area contributed by atoms with Gasteiger partial charge in [0.25, 0.3) is 0 Å². The molecule has 17 heavy (non-hydrogen) atoms. The van der Waals surface area contributed by atoms with Crippen LogP contribution in [-0.2, 0) is 0 Å². The van der Waals surface area contributed by atoms with Crippen LogP contribution < -0.4 is 5.73 Å². The van der Waals surface area contributed by atoms with Gasteiger partial charge in [-0.2, -0.15) is 0 Å². The predicted octanol–water partition coefficient (Wildman–Crippen LogP) is 3.26. The van der Waals surface area contributed by atoms with Crippen LogP contribution >= 0.6 is 0 Å². The van der Waals surface area contributed by atoms with E-state index in [9.17, 15) is 0 Å². The third-order valence-electron chi connectivity index (χ3n) is 4.61. The van der Waals surface area contributed by atoms with Gasteiger partial charge in [-0.3, -0.25) is 0 Å². The second-order valence-electron chi connectivity index (χ2n) is 6.99. The van der Waals surface area contributed by atoms with E-state index in [4.69, 9.17) is 5.73 Å². The lowest BCUT2D eigenvalue weighted by Crippen LogP contribution is -2.47. The fraction of sp³-hybridized carbons (Fsp3) is 1.00. The molecule has 1 saturated carbocycles. The Hall–Kier alpha value is -0.0800. The highest BCUT2D eigenvalue weighted by molar-refractivity contribution is 4.84. The van der Waals surface area contributed by atoms with Gasteiger partial charge in [-0.15, -0.1) is 0 Å². The van der Waals surface area contributed by atoms with Gasteiger partial charge in [-0.1, -0.05) is 34.1 Å². The molecule has 1 aliphatic carbocycles. The summed E-state index contributed by atoms with van der Waals surface area (Å²) in [5.74, 6) is 0.982. The zero-order valence-corrected chi connectivity index (χ0v) is 12.5. The first-order chi connectivity index (χ1) is 7.84. The van der Waals surface area contributed by atoms with Crippen LogP contribution in [-0.4, -0.2) is 30.6 Å². The topological polar surface area (TPSA) is 29.3 Å². The third kappa shape index (κ3) is 4.59. The first kappa shape index (κ1) is 15.0. The maximum Gasteiger partial charge on any atom is 0.0217 e. The summed E-state index contributed by atoms with van der Waals surface area (Å²) in [6, 6.07) is 1.04. The molecule has 0 heterocycles. The molecule has 2 heteroatoms. The average Bonchev–Trinajstić information content (AvgIpc) is 2.27. The van der Waals surface area contributed by atoms with E-state index in [1.165, 1.54) is 32.1 Å². The molecule has 1 rings (SSSR count). The van der Waals surface area contributed by atoms with Crippen LogP contribution in [0.1, 0.15) is 59.8 Å². The predicted molar refractivity (Wildman–Crippen MR) is 76.1 cm³/mol. The van der Waals surface area contributed by atoms with Crippen molar-refractivity contribution in [3.8, 4) is 0 Å². The Labute approximate surface area is 108 Å². The second-order valence-corrected chi connectivity index (χ2v) is 6.99. The normalized spacial score (nSPS) is 28.4. The van der Waals surface area contributed by atoms with Crippen LogP contribution in [0, 0.1) is 11.3 Å². The molecule has 1 aliphatic rings. The summed E-state index contributed by atoms with van der Waals surface area (Å²) in [4.78, 5) is 2.50. The van der Waals surface area contributed by atoms with Crippen molar-refractivity contribution in [2.45, 2.75) is 71.9 Å². The summed E-state index contributed by atoms with van der Waals surface area (Å²) in [5.41, 5.74) is 6.49. The van der Waals surface area contributed by atoms with Crippen molar-refractivity contribution in [3.63, 3.8) is 0 Å². The van der Waals surface area contributed by atoms with Gasteiger partial charge in [0, 0.05) is 18.6 Å². The highest BCUT2D eigenvalue weighted by Crippen LogP contribution is 2.29. The van der Waals surface area contributed by atoms with Crippen molar-refractivity contribution < 1.29 is 0 Å². The molecule has 102 valence electrons. The number of nitrogens with two attached hydrogens (primary N) is 1. The van der Waals surface area contributed by atoms with Crippen LogP contribution in [0.4, 0.5) is 0 Å². The van der Waals surface area contributed by atoms with Gasteiger partial charge in [0.15, 0.2) is 0 Å². The standard InChI is InChI=1S/C15H32N2/c1-6-12-7-9-13(10-8-12)17(5)11-14(16)15(2,3)4/h12-14H,6-11,16H2,1-5H3. The highest BCUT2D eigenvalue weighted by Gasteiger charge is 2.27. The lowest BCUT2D eigenvalue weighted by Gasteiger charge is -2.38. The molecule has 0 spiro atoms. The van der Waals surface area contributed by atoms with Crippen molar-refractivity contribution in [3.05, 3.63) is 0 Å². The summed E-state index contributed by atoms with van der Waals surface area (Å²) in [7, 11) is 2.25. The Bertz CT molecular complexity index is 211. The smallest absolute Gasteiger partial charge is 0.0217 e. The van der Waals surface area contributed by atoms with Crippen LogP contribution in [0.15, 0.2) is 0 Å². The number of nitrogens with zero attached hydrogens (tertiary/aromatic N) is 1. The maximum atomic E-state index is 6.27. The van der Waals surface area contributed by atoms with E-state index >= 15 is 0 Å².